The number of benzene rings is 1. The van der Waals surface area contributed by atoms with Crippen molar-refractivity contribution in [2.75, 3.05) is 36.1 Å². The minimum Gasteiger partial charge on any atom is -0.381 e. The van der Waals surface area contributed by atoms with Gasteiger partial charge in [-0.2, -0.15) is 4.98 Å². The van der Waals surface area contributed by atoms with Crippen LogP contribution in [0.15, 0.2) is 41.8 Å². The lowest BCUT2D eigenvalue weighted by Crippen LogP contribution is -2.41. The molecule has 5 unspecified atom stereocenters. The molecule has 1 aromatic carbocycles. The molecule has 3 aliphatic carbocycles. The van der Waals surface area contributed by atoms with Crippen LogP contribution < -0.4 is 21.7 Å². The largest absolute Gasteiger partial charge is 0.381 e. The molecule has 7 rings (SSSR count). The number of likely N-dealkylation sites (N-methyl/N-ethyl adjacent to an activating group) is 1. The van der Waals surface area contributed by atoms with Crippen LogP contribution in [0.3, 0.4) is 0 Å². The number of nitrogens with zero attached hydrogens (tertiary/aromatic N) is 3. The van der Waals surface area contributed by atoms with Gasteiger partial charge >= 0.3 is 0 Å². The molecule has 192 valence electrons. The average Bonchev–Trinajstić information content (AvgIpc) is 3.27. The number of carbonyl (C=O) groups excluding carboxylic acids is 1. The minimum absolute atomic E-state index is 0.104. The van der Waals surface area contributed by atoms with Gasteiger partial charge in [-0.3, -0.25) is 4.79 Å². The summed E-state index contributed by atoms with van der Waals surface area (Å²) >= 11 is 1.54. The van der Waals surface area contributed by atoms with Crippen LogP contribution in [0.4, 0.5) is 27.5 Å². The third-order valence-electron chi connectivity index (χ3n) is 8.68. The fraction of sp³-hybridized carbons (Fsp3) is 0.444. The van der Waals surface area contributed by atoms with Gasteiger partial charge in [0.2, 0.25) is 11.9 Å². The van der Waals surface area contributed by atoms with Crippen LogP contribution in [0.1, 0.15) is 12.8 Å². The van der Waals surface area contributed by atoms with Crippen molar-refractivity contribution in [3.63, 3.8) is 0 Å². The fourth-order valence-corrected chi connectivity index (χ4v) is 7.54. The summed E-state index contributed by atoms with van der Waals surface area (Å²) in [5.74, 6) is 2.17. The molecular weight excluding hydrogens is 489 g/mol. The Balaban J connectivity index is 1.09. The number of thiophene rings is 1. The number of nitrogens with one attached hydrogen (secondary N) is 3. The first kappa shape index (κ1) is 22.9. The summed E-state index contributed by atoms with van der Waals surface area (Å²) in [4.78, 5) is 23.9. The molecule has 5 N–H and O–H groups in total. The van der Waals surface area contributed by atoms with Crippen molar-refractivity contribution < 1.29 is 9.18 Å². The topological polar surface area (TPSA) is 108 Å². The van der Waals surface area contributed by atoms with Crippen LogP contribution in [0.25, 0.3) is 10.2 Å². The molecule has 1 amide bonds. The third kappa shape index (κ3) is 4.02. The van der Waals surface area contributed by atoms with E-state index in [9.17, 15) is 9.18 Å². The van der Waals surface area contributed by atoms with Crippen molar-refractivity contribution in [2.24, 2.45) is 35.3 Å². The average molecular weight is 520 g/mol. The van der Waals surface area contributed by atoms with Gasteiger partial charge in [0.25, 0.3) is 0 Å². The van der Waals surface area contributed by atoms with Crippen molar-refractivity contribution in [1.82, 2.24) is 14.9 Å². The number of rotatable bonds is 8. The number of likely N-dealkylation sites (tertiary alicyclic amines) is 1. The summed E-state index contributed by atoms with van der Waals surface area (Å²) in [5.41, 5.74) is 7.61. The summed E-state index contributed by atoms with van der Waals surface area (Å²) < 4.78 is 15.9. The summed E-state index contributed by atoms with van der Waals surface area (Å²) in [6, 6.07) is 7.37. The highest BCUT2D eigenvalue weighted by Crippen LogP contribution is 2.49. The van der Waals surface area contributed by atoms with Gasteiger partial charge in [-0.05, 0) is 73.2 Å². The van der Waals surface area contributed by atoms with E-state index in [-0.39, 0.29) is 35.5 Å². The molecule has 1 aliphatic heterocycles. The number of nitrogens with two attached hydrogens (primary N) is 1. The second kappa shape index (κ2) is 8.66. The Bertz CT molecular complexity index is 1410. The summed E-state index contributed by atoms with van der Waals surface area (Å²) in [5, 5.41) is 11.9. The van der Waals surface area contributed by atoms with E-state index in [2.05, 4.69) is 45.0 Å². The molecule has 2 aromatic heterocycles. The third-order valence-corrected chi connectivity index (χ3v) is 9.59. The predicted octanol–water partition coefficient (Wildman–Crippen LogP) is 4.02. The van der Waals surface area contributed by atoms with Crippen LogP contribution in [0.5, 0.6) is 0 Å². The number of anilines is 4. The van der Waals surface area contributed by atoms with Crippen LogP contribution in [0, 0.1) is 35.4 Å². The number of carbonyl (C=O) groups is 1. The highest BCUT2D eigenvalue weighted by molar-refractivity contribution is 7.17. The monoisotopic (exact) mass is 519 g/mol. The van der Waals surface area contributed by atoms with Crippen LogP contribution in [0.2, 0.25) is 0 Å². The van der Waals surface area contributed by atoms with Crippen molar-refractivity contribution in [3.8, 4) is 0 Å². The lowest BCUT2D eigenvalue weighted by atomic mass is 9.88. The second-order valence-corrected chi connectivity index (χ2v) is 11.9. The SMILES string of the molecule is CN1CC2CC2C1CNc1ccc(Nc2nc(N[C@@H]3C4C=CC(C4)[C@@H]3C(N)=O)c3sccc3n2)cc1F. The van der Waals surface area contributed by atoms with E-state index >= 15 is 0 Å². The maximum atomic E-state index is 15.0. The number of primary amides is 1. The number of allylic oxidation sites excluding steroid dienone is 1. The summed E-state index contributed by atoms with van der Waals surface area (Å²) in [6.07, 6.45) is 6.50. The van der Waals surface area contributed by atoms with Gasteiger partial charge in [0.1, 0.15) is 11.6 Å². The number of halogens is 1. The normalized spacial score (nSPS) is 31.6. The first-order valence-electron chi connectivity index (χ1n) is 12.9. The maximum Gasteiger partial charge on any atom is 0.229 e. The number of hydrogen-bond donors (Lipinski definition) is 4. The highest BCUT2D eigenvalue weighted by atomic mass is 32.1. The van der Waals surface area contributed by atoms with E-state index in [1.54, 1.807) is 17.4 Å². The summed E-state index contributed by atoms with van der Waals surface area (Å²) in [7, 11) is 2.15. The number of amides is 1. The van der Waals surface area contributed by atoms with Crippen molar-refractivity contribution >= 4 is 50.6 Å². The Morgan fingerprint density at radius 1 is 1.22 bits per heavy atom. The molecule has 3 aromatic rings. The number of hydrogen-bond acceptors (Lipinski definition) is 8. The van der Waals surface area contributed by atoms with Gasteiger partial charge < -0.3 is 26.6 Å². The molecule has 7 atom stereocenters. The molecule has 2 saturated carbocycles. The molecule has 10 heteroatoms. The molecule has 3 fully saturated rings. The molecule has 3 heterocycles. The Morgan fingerprint density at radius 2 is 2.08 bits per heavy atom. The molecule has 4 aliphatic rings. The van der Waals surface area contributed by atoms with E-state index in [1.807, 2.05) is 17.5 Å². The Hall–Kier alpha value is -3.24. The number of fused-ring (bicyclic) bond motifs is 4. The first-order valence-corrected chi connectivity index (χ1v) is 13.8. The smallest absolute Gasteiger partial charge is 0.229 e. The zero-order valence-corrected chi connectivity index (χ0v) is 21.3. The Kier molecular flexibility index (Phi) is 5.37. The maximum absolute atomic E-state index is 15.0. The first-order chi connectivity index (χ1) is 17.9. The van der Waals surface area contributed by atoms with Crippen LogP contribution in [-0.2, 0) is 4.79 Å². The van der Waals surface area contributed by atoms with E-state index < -0.39 is 0 Å². The molecule has 1 saturated heterocycles. The van der Waals surface area contributed by atoms with Crippen LogP contribution in [-0.4, -0.2) is 53.0 Å². The minimum atomic E-state index is -0.314. The Labute approximate surface area is 218 Å². The Morgan fingerprint density at radius 3 is 2.86 bits per heavy atom. The highest BCUT2D eigenvalue weighted by Gasteiger charge is 2.51. The lowest BCUT2D eigenvalue weighted by Gasteiger charge is -2.27. The van der Waals surface area contributed by atoms with Gasteiger partial charge in [0, 0.05) is 30.9 Å². The molecule has 37 heavy (non-hydrogen) atoms. The van der Waals surface area contributed by atoms with Crippen molar-refractivity contribution in [1.29, 1.82) is 0 Å². The lowest BCUT2D eigenvalue weighted by molar-refractivity contribution is -0.122. The molecule has 0 radical (unpaired) electrons. The van der Waals surface area contributed by atoms with Gasteiger partial charge in [-0.1, -0.05) is 12.2 Å². The molecular formula is C27H30FN7OS. The second-order valence-electron chi connectivity index (χ2n) is 10.9. The fourth-order valence-electron chi connectivity index (χ4n) is 6.75. The van der Waals surface area contributed by atoms with Gasteiger partial charge in [0.15, 0.2) is 0 Å². The van der Waals surface area contributed by atoms with Crippen molar-refractivity contribution in [2.45, 2.75) is 24.9 Å². The van der Waals surface area contributed by atoms with E-state index in [0.29, 0.717) is 29.2 Å². The molecule has 2 bridgehead atoms. The van der Waals surface area contributed by atoms with Gasteiger partial charge in [-0.25, -0.2) is 9.37 Å². The van der Waals surface area contributed by atoms with E-state index in [0.717, 1.165) is 41.6 Å². The van der Waals surface area contributed by atoms with E-state index in [4.69, 9.17) is 10.7 Å². The number of piperidine rings is 1. The molecule has 0 spiro atoms. The standard InChI is InChI=1S/C27H30FN7OS/c1-35-12-15-9-17(15)21(35)11-30-19-5-4-16(10-18(19)28)31-27-32-20-6-7-37-24(20)26(34-27)33-23-14-3-2-13(8-14)22(23)25(29)36/h2-7,10,13-15,17,21-23,30H,8-9,11-12H2,1H3,(H2,29,36)(H2,31,32,33,34)/t13?,14?,15?,17?,21?,22-,23+/m0/s1. The quantitative estimate of drug-likeness (QED) is 0.333. The zero-order valence-electron chi connectivity index (χ0n) is 20.5. The van der Waals surface area contributed by atoms with Crippen molar-refractivity contribution in [3.05, 3.63) is 47.6 Å². The predicted molar refractivity (Wildman–Crippen MR) is 144 cm³/mol. The summed E-state index contributed by atoms with van der Waals surface area (Å²) in [6.45, 7) is 1.90. The molecule has 8 nitrogen and oxygen atoms in total. The van der Waals surface area contributed by atoms with Gasteiger partial charge in [0.05, 0.1) is 21.8 Å². The zero-order chi connectivity index (χ0) is 25.3. The van der Waals surface area contributed by atoms with Crippen LogP contribution >= 0.6 is 11.3 Å². The van der Waals surface area contributed by atoms with Gasteiger partial charge in [-0.15, -0.1) is 11.3 Å². The number of aromatic nitrogens is 2. The van der Waals surface area contributed by atoms with E-state index in [1.165, 1.54) is 12.5 Å².